The number of anilines is 2. The second-order valence-electron chi connectivity index (χ2n) is 5.76. The minimum Gasteiger partial charge on any atom is -0.377 e. The first kappa shape index (κ1) is 14.8. The number of carbonyl (C=O) groups excluding carboxylic acids is 2. The highest BCUT2D eigenvalue weighted by Gasteiger charge is 2.32. The number of benzene rings is 1. The van der Waals surface area contributed by atoms with E-state index < -0.39 is 0 Å². The van der Waals surface area contributed by atoms with E-state index in [0.717, 1.165) is 16.9 Å². The van der Waals surface area contributed by atoms with Crippen LogP contribution in [-0.2, 0) is 14.3 Å². The van der Waals surface area contributed by atoms with Gasteiger partial charge in [0, 0.05) is 25.6 Å². The van der Waals surface area contributed by atoms with Crippen molar-refractivity contribution in [3.8, 4) is 0 Å². The van der Waals surface area contributed by atoms with E-state index in [9.17, 15) is 9.59 Å². The summed E-state index contributed by atoms with van der Waals surface area (Å²) in [5, 5.41) is 0. The highest BCUT2D eigenvalue weighted by atomic mass is 16.5. The lowest BCUT2D eigenvalue weighted by atomic mass is 10.1. The largest absolute Gasteiger partial charge is 0.377 e. The molecule has 5 nitrogen and oxygen atoms in total. The lowest BCUT2D eigenvalue weighted by molar-refractivity contribution is -0.121. The molecule has 0 radical (unpaired) electrons. The van der Waals surface area contributed by atoms with Crippen LogP contribution < -0.4 is 9.80 Å². The van der Waals surface area contributed by atoms with Crippen LogP contribution in [0.4, 0.5) is 11.4 Å². The van der Waals surface area contributed by atoms with E-state index in [1.54, 1.807) is 16.8 Å². The molecule has 1 unspecified atom stereocenters. The Bertz CT molecular complexity index is 639. The molecule has 3 rings (SSSR count). The Morgan fingerprint density at radius 1 is 1.27 bits per heavy atom. The lowest BCUT2D eigenvalue weighted by Gasteiger charge is -2.26. The SMILES string of the molecule is CC1CN(C(=O)C2=CCOCC2)c2ccccc2N(C)C1=O. The van der Waals surface area contributed by atoms with Gasteiger partial charge in [0.15, 0.2) is 0 Å². The molecule has 0 aliphatic carbocycles. The van der Waals surface area contributed by atoms with Gasteiger partial charge >= 0.3 is 0 Å². The summed E-state index contributed by atoms with van der Waals surface area (Å²) in [6, 6.07) is 7.56. The fourth-order valence-electron chi connectivity index (χ4n) is 2.96. The summed E-state index contributed by atoms with van der Waals surface area (Å²) in [5.41, 5.74) is 2.34. The van der Waals surface area contributed by atoms with Gasteiger partial charge in [0.05, 0.1) is 30.5 Å². The molecule has 1 aromatic rings. The third-order valence-electron chi connectivity index (χ3n) is 4.23. The van der Waals surface area contributed by atoms with Crippen molar-refractivity contribution in [2.45, 2.75) is 13.3 Å². The van der Waals surface area contributed by atoms with E-state index in [-0.39, 0.29) is 17.7 Å². The molecule has 0 bridgehead atoms. The topological polar surface area (TPSA) is 49.9 Å². The van der Waals surface area contributed by atoms with Crippen LogP contribution >= 0.6 is 0 Å². The first-order chi connectivity index (χ1) is 10.6. The Morgan fingerprint density at radius 2 is 2.00 bits per heavy atom. The van der Waals surface area contributed by atoms with Crippen molar-refractivity contribution >= 4 is 23.2 Å². The van der Waals surface area contributed by atoms with Gasteiger partial charge in [-0.3, -0.25) is 9.59 Å². The van der Waals surface area contributed by atoms with E-state index in [4.69, 9.17) is 4.74 Å². The molecule has 0 saturated heterocycles. The molecule has 22 heavy (non-hydrogen) atoms. The Labute approximate surface area is 130 Å². The van der Waals surface area contributed by atoms with Gasteiger partial charge in [0.1, 0.15) is 0 Å². The number of hydrogen-bond acceptors (Lipinski definition) is 3. The van der Waals surface area contributed by atoms with Gasteiger partial charge in [-0.15, -0.1) is 0 Å². The summed E-state index contributed by atoms with van der Waals surface area (Å²) in [6.07, 6.45) is 2.46. The van der Waals surface area contributed by atoms with E-state index in [2.05, 4.69) is 0 Å². The highest BCUT2D eigenvalue weighted by molar-refractivity contribution is 6.11. The van der Waals surface area contributed by atoms with Crippen LogP contribution in [-0.4, -0.2) is 38.6 Å². The number of hydrogen-bond donors (Lipinski definition) is 0. The van der Waals surface area contributed by atoms with Crippen LogP contribution in [0.5, 0.6) is 0 Å². The number of para-hydroxylation sites is 2. The molecule has 0 aromatic heterocycles. The van der Waals surface area contributed by atoms with Crippen molar-refractivity contribution in [1.29, 1.82) is 0 Å². The highest BCUT2D eigenvalue weighted by Crippen LogP contribution is 2.34. The Morgan fingerprint density at radius 3 is 2.68 bits per heavy atom. The van der Waals surface area contributed by atoms with Crippen LogP contribution in [0, 0.1) is 5.92 Å². The molecule has 0 N–H and O–H groups in total. The second kappa shape index (κ2) is 5.93. The molecule has 2 aliphatic rings. The molecule has 5 heteroatoms. The molecule has 2 heterocycles. The van der Waals surface area contributed by atoms with E-state index in [1.807, 2.05) is 37.3 Å². The summed E-state index contributed by atoms with van der Waals surface area (Å²) in [5.74, 6) is -0.226. The Kier molecular flexibility index (Phi) is 3.98. The summed E-state index contributed by atoms with van der Waals surface area (Å²) >= 11 is 0. The van der Waals surface area contributed by atoms with E-state index in [0.29, 0.717) is 26.2 Å². The van der Waals surface area contributed by atoms with Crippen molar-refractivity contribution in [1.82, 2.24) is 0 Å². The second-order valence-corrected chi connectivity index (χ2v) is 5.76. The summed E-state index contributed by atoms with van der Waals surface area (Å²) in [4.78, 5) is 28.7. The normalized spacial score (nSPS) is 22.0. The molecular weight excluding hydrogens is 280 g/mol. The van der Waals surface area contributed by atoms with Gasteiger partial charge in [0.25, 0.3) is 5.91 Å². The molecule has 0 fully saturated rings. The molecule has 2 aliphatic heterocycles. The zero-order chi connectivity index (χ0) is 15.7. The average Bonchev–Trinajstić information content (AvgIpc) is 2.66. The Balaban J connectivity index is 2.02. The molecule has 1 aromatic carbocycles. The zero-order valence-electron chi connectivity index (χ0n) is 12.9. The minimum atomic E-state index is -0.234. The number of ether oxygens (including phenoxy) is 1. The fourth-order valence-corrected chi connectivity index (χ4v) is 2.96. The van der Waals surface area contributed by atoms with Crippen LogP contribution in [0.15, 0.2) is 35.9 Å². The van der Waals surface area contributed by atoms with E-state index in [1.165, 1.54) is 0 Å². The average molecular weight is 300 g/mol. The van der Waals surface area contributed by atoms with Gasteiger partial charge in [-0.1, -0.05) is 25.1 Å². The third kappa shape index (κ3) is 2.52. The van der Waals surface area contributed by atoms with Crippen molar-refractivity contribution in [3.05, 3.63) is 35.9 Å². The maximum Gasteiger partial charge on any atom is 0.254 e. The smallest absolute Gasteiger partial charge is 0.254 e. The number of nitrogens with zero attached hydrogens (tertiary/aromatic N) is 2. The van der Waals surface area contributed by atoms with Crippen LogP contribution in [0.1, 0.15) is 13.3 Å². The first-order valence-electron chi connectivity index (χ1n) is 7.55. The van der Waals surface area contributed by atoms with Gasteiger partial charge in [0.2, 0.25) is 5.91 Å². The van der Waals surface area contributed by atoms with E-state index >= 15 is 0 Å². The zero-order valence-corrected chi connectivity index (χ0v) is 12.9. The first-order valence-corrected chi connectivity index (χ1v) is 7.55. The van der Waals surface area contributed by atoms with Crippen molar-refractivity contribution in [2.75, 3.05) is 36.6 Å². The number of amides is 2. The summed E-state index contributed by atoms with van der Waals surface area (Å²) in [7, 11) is 1.76. The number of rotatable bonds is 1. The van der Waals surface area contributed by atoms with Crippen LogP contribution in [0.2, 0.25) is 0 Å². The van der Waals surface area contributed by atoms with Gasteiger partial charge in [-0.25, -0.2) is 0 Å². The standard InChI is InChI=1S/C17H20N2O3/c1-12-11-19(17(21)13-7-9-22-10-8-13)15-6-4-3-5-14(15)18(2)16(12)20/h3-7,12H,8-11H2,1-2H3. The van der Waals surface area contributed by atoms with Crippen molar-refractivity contribution < 1.29 is 14.3 Å². The summed E-state index contributed by atoms with van der Waals surface area (Å²) in [6.45, 7) is 3.31. The van der Waals surface area contributed by atoms with Crippen LogP contribution in [0.3, 0.4) is 0 Å². The van der Waals surface area contributed by atoms with Gasteiger partial charge in [-0.05, 0) is 12.1 Å². The molecule has 116 valence electrons. The Hall–Kier alpha value is -2.14. The maximum absolute atomic E-state index is 12.9. The number of fused-ring (bicyclic) bond motifs is 1. The fraction of sp³-hybridized carbons (Fsp3) is 0.412. The predicted octanol–water partition coefficient (Wildman–Crippen LogP) is 1.98. The van der Waals surface area contributed by atoms with Crippen molar-refractivity contribution in [2.24, 2.45) is 5.92 Å². The number of carbonyl (C=O) groups is 2. The molecule has 0 spiro atoms. The minimum absolute atomic E-state index is 0.0225. The van der Waals surface area contributed by atoms with Gasteiger partial charge in [-0.2, -0.15) is 0 Å². The lowest BCUT2D eigenvalue weighted by Crippen LogP contribution is -2.38. The third-order valence-corrected chi connectivity index (χ3v) is 4.23. The predicted molar refractivity (Wildman–Crippen MR) is 84.9 cm³/mol. The summed E-state index contributed by atoms with van der Waals surface area (Å²) < 4.78 is 5.28. The molecule has 2 amide bonds. The maximum atomic E-state index is 12.9. The van der Waals surface area contributed by atoms with Crippen LogP contribution in [0.25, 0.3) is 0 Å². The monoisotopic (exact) mass is 300 g/mol. The van der Waals surface area contributed by atoms with Crippen molar-refractivity contribution in [3.63, 3.8) is 0 Å². The molecular formula is C17H20N2O3. The quantitative estimate of drug-likeness (QED) is 0.797. The molecule has 1 atom stereocenters. The molecule has 0 saturated carbocycles. The van der Waals surface area contributed by atoms with Gasteiger partial charge < -0.3 is 14.5 Å².